The Kier molecular flexibility index (Phi) is 5.92. The van der Waals surface area contributed by atoms with E-state index in [2.05, 4.69) is 13.8 Å². The molecule has 2 aromatic carbocycles. The van der Waals surface area contributed by atoms with Crippen LogP contribution in [0.25, 0.3) is 5.57 Å². The standard InChI is InChI=1S/C25H30N2O2/c1-18(2)16-22-23(28)27(5)25(3,24(29)26(22)4)17-21(19-12-8-6-9-13-19)20-14-10-7-11-15-20/h6-15,17-18,22H,16H2,1-5H3/t22-,25+/m0/s1. The summed E-state index contributed by atoms with van der Waals surface area (Å²) in [4.78, 5) is 29.9. The van der Waals surface area contributed by atoms with Crippen LogP contribution in [0.2, 0.25) is 0 Å². The summed E-state index contributed by atoms with van der Waals surface area (Å²) in [6.07, 6.45) is 2.61. The van der Waals surface area contributed by atoms with Crippen LogP contribution in [0.3, 0.4) is 0 Å². The van der Waals surface area contributed by atoms with Crippen LogP contribution in [0.15, 0.2) is 66.7 Å². The minimum atomic E-state index is -1.06. The molecule has 3 rings (SSSR count). The molecule has 0 bridgehead atoms. The fraction of sp³-hybridized carbons (Fsp3) is 0.360. The van der Waals surface area contributed by atoms with Gasteiger partial charge in [0.1, 0.15) is 11.6 Å². The molecule has 0 spiro atoms. The van der Waals surface area contributed by atoms with Crippen molar-refractivity contribution in [1.29, 1.82) is 0 Å². The van der Waals surface area contributed by atoms with Crippen molar-refractivity contribution < 1.29 is 9.59 Å². The van der Waals surface area contributed by atoms with Gasteiger partial charge in [0, 0.05) is 14.1 Å². The Hall–Kier alpha value is -2.88. The van der Waals surface area contributed by atoms with Gasteiger partial charge >= 0.3 is 0 Å². The lowest BCUT2D eigenvalue weighted by molar-refractivity contribution is -0.163. The fourth-order valence-electron chi connectivity index (χ4n) is 3.97. The predicted octanol–water partition coefficient (Wildman–Crippen LogP) is 4.22. The van der Waals surface area contributed by atoms with Crippen molar-refractivity contribution in [3.63, 3.8) is 0 Å². The second-order valence-corrected chi connectivity index (χ2v) is 8.40. The van der Waals surface area contributed by atoms with Gasteiger partial charge in [0.2, 0.25) is 5.91 Å². The highest BCUT2D eigenvalue weighted by Crippen LogP contribution is 2.33. The van der Waals surface area contributed by atoms with Crippen molar-refractivity contribution in [1.82, 2.24) is 9.80 Å². The molecule has 29 heavy (non-hydrogen) atoms. The summed E-state index contributed by atoms with van der Waals surface area (Å²) in [5.41, 5.74) is 1.92. The summed E-state index contributed by atoms with van der Waals surface area (Å²) in [6, 6.07) is 19.6. The zero-order chi connectivity index (χ0) is 21.2. The van der Waals surface area contributed by atoms with Gasteiger partial charge in [-0.05, 0) is 42.0 Å². The van der Waals surface area contributed by atoms with Crippen LogP contribution in [-0.2, 0) is 9.59 Å². The Morgan fingerprint density at radius 2 is 1.45 bits per heavy atom. The van der Waals surface area contributed by atoms with Crippen molar-refractivity contribution in [2.24, 2.45) is 5.92 Å². The van der Waals surface area contributed by atoms with Crippen LogP contribution in [0.1, 0.15) is 38.3 Å². The van der Waals surface area contributed by atoms with Crippen molar-refractivity contribution in [2.45, 2.75) is 38.8 Å². The Balaban J connectivity index is 2.11. The normalized spacial score (nSPS) is 22.2. The molecule has 1 fully saturated rings. The monoisotopic (exact) mass is 390 g/mol. The maximum absolute atomic E-state index is 13.5. The second-order valence-electron chi connectivity index (χ2n) is 8.40. The summed E-state index contributed by atoms with van der Waals surface area (Å²) >= 11 is 0. The molecule has 1 saturated heterocycles. The summed E-state index contributed by atoms with van der Waals surface area (Å²) < 4.78 is 0. The molecule has 0 aromatic heterocycles. The van der Waals surface area contributed by atoms with Crippen molar-refractivity contribution in [3.05, 3.63) is 77.9 Å². The van der Waals surface area contributed by atoms with E-state index >= 15 is 0 Å². The smallest absolute Gasteiger partial charge is 0.252 e. The molecule has 0 saturated carbocycles. The topological polar surface area (TPSA) is 40.6 Å². The highest BCUT2D eigenvalue weighted by molar-refractivity contribution is 6.02. The SMILES string of the molecule is CC(C)C[C@H]1C(=O)N(C)[C@](C)(C=C(c2ccccc2)c2ccccc2)C(=O)N1C. The number of nitrogens with zero attached hydrogens (tertiary/aromatic N) is 2. The van der Waals surface area contributed by atoms with E-state index in [1.54, 1.807) is 23.9 Å². The summed E-state index contributed by atoms with van der Waals surface area (Å²) in [5.74, 6) is 0.256. The number of hydrogen-bond donors (Lipinski definition) is 0. The number of benzene rings is 2. The number of piperazine rings is 1. The molecule has 1 heterocycles. The van der Waals surface area contributed by atoms with Crippen LogP contribution >= 0.6 is 0 Å². The zero-order valence-corrected chi connectivity index (χ0v) is 17.9. The molecule has 4 nitrogen and oxygen atoms in total. The molecular weight excluding hydrogens is 360 g/mol. The van der Waals surface area contributed by atoms with Gasteiger partial charge in [-0.3, -0.25) is 9.59 Å². The van der Waals surface area contributed by atoms with E-state index in [0.29, 0.717) is 12.3 Å². The van der Waals surface area contributed by atoms with Crippen LogP contribution in [0.4, 0.5) is 0 Å². The average molecular weight is 391 g/mol. The van der Waals surface area contributed by atoms with E-state index in [-0.39, 0.29) is 11.8 Å². The fourth-order valence-corrected chi connectivity index (χ4v) is 3.97. The molecule has 0 aliphatic carbocycles. The van der Waals surface area contributed by atoms with Gasteiger partial charge in [0.25, 0.3) is 5.91 Å². The van der Waals surface area contributed by atoms with Gasteiger partial charge in [-0.15, -0.1) is 0 Å². The molecule has 2 aromatic rings. The lowest BCUT2D eigenvalue weighted by atomic mass is 9.85. The Bertz CT molecular complexity index is 863. The van der Waals surface area contributed by atoms with Crippen molar-refractivity contribution >= 4 is 17.4 Å². The van der Waals surface area contributed by atoms with E-state index in [1.165, 1.54) is 0 Å². The van der Waals surface area contributed by atoms with Gasteiger partial charge in [-0.2, -0.15) is 0 Å². The molecule has 0 radical (unpaired) electrons. The first-order valence-corrected chi connectivity index (χ1v) is 10.1. The number of carbonyl (C=O) groups excluding carboxylic acids is 2. The van der Waals surface area contributed by atoms with E-state index in [9.17, 15) is 9.59 Å². The third-order valence-electron chi connectivity index (χ3n) is 5.82. The first-order chi connectivity index (χ1) is 13.8. The molecule has 2 amide bonds. The Morgan fingerprint density at radius 3 is 1.90 bits per heavy atom. The van der Waals surface area contributed by atoms with Gasteiger partial charge < -0.3 is 9.80 Å². The maximum atomic E-state index is 13.5. The van der Waals surface area contributed by atoms with Gasteiger partial charge in [-0.1, -0.05) is 74.5 Å². The van der Waals surface area contributed by atoms with Gasteiger partial charge in [-0.25, -0.2) is 0 Å². The van der Waals surface area contributed by atoms with Crippen molar-refractivity contribution in [2.75, 3.05) is 14.1 Å². The van der Waals surface area contributed by atoms with Gasteiger partial charge in [0.05, 0.1) is 0 Å². The Labute approximate surface area is 173 Å². The van der Waals surface area contributed by atoms with Crippen molar-refractivity contribution in [3.8, 4) is 0 Å². The summed E-state index contributed by atoms with van der Waals surface area (Å²) in [6.45, 7) is 5.98. The maximum Gasteiger partial charge on any atom is 0.252 e. The highest BCUT2D eigenvalue weighted by atomic mass is 16.2. The van der Waals surface area contributed by atoms with Crippen LogP contribution in [-0.4, -0.2) is 47.3 Å². The molecule has 4 heteroatoms. The van der Waals surface area contributed by atoms with Gasteiger partial charge in [0.15, 0.2) is 0 Å². The van der Waals surface area contributed by atoms with E-state index in [1.807, 2.05) is 73.7 Å². The molecule has 0 N–H and O–H groups in total. The van der Waals surface area contributed by atoms with Crippen LogP contribution < -0.4 is 0 Å². The number of hydrogen-bond acceptors (Lipinski definition) is 2. The average Bonchev–Trinajstić information content (AvgIpc) is 2.74. The first-order valence-electron chi connectivity index (χ1n) is 10.1. The molecule has 1 aliphatic rings. The number of rotatable bonds is 5. The first kappa shape index (κ1) is 20.8. The van der Waals surface area contributed by atoms with E-state index in [4.69, 9.17) is 0 Å². The molecule has 2 atom stereocenters. The zero-order valence-electron chi connectivity index (χ0n) is 17.9. The molecule has 0 unspecified atom stereocenters. The third kappa shape index (κ3) is 3.98. The lowest BCUT2D eigenvalue weighted by Crippen LogP contribution is -2.68. The quantitative estimate of drug-likeness (QED) is 0.767. The van der Waals surface area contributed by atoms with Crippen LogP contribution in [0, 0.1) is 5.92 Å². The largest absolute Gasteiger partial charge is 0.331 e. The minimum Gasteiger partial charge on any atom is -0.331 e. The van der Waals surface area contributed by atoms with E-state index in [0.717, 1.165) is 16.7 Å². The van der Waals surface area contributed by atoms with E-state index < -0.39 is 11.6 Å². The minimum absolute atomic E-state index is 0.0139. The summed E-state index contributed by atoms with van der Waals surface area (Å²) in [7, 11) is 3.49. The number of likely N-dealkylation sites (N-methyl/N-ethyl adjacent to an activating group) is 2. The highest BCUT2D eigenvalue weighted by Gasteiger charge is 2.49. The number of amides is 2. The molecule has 152 valence electrons. The molecule has 1 aliphatic heterocycles. The summed E-state index contributed by atoms with van der Waals surface area (Å²) in [5, 5.41) is 0. The molecular formula is C25H30N2O2. The Morgan fingerprint density at radius 1 is 0.966 bits per heavy atom. The second kappa shape index (κ2) is 8.24. The number of carbonyl (C=O) groups is 2. The third-order valence-corrected chi connectivity index (χ3v) is 5.82. The predicted molar refractivity (Wildman–Crippen MR) is 117 cm³/mol. The lowest BCUT2D eigenvalue weighted by Gasteiger charge is -2.47. The van der Waals surface area contributed by atoms with Crippen LogP contribution in [0.5, 0.6) is 0 Å².